The van der Waals surface area contributed by atoms with E-state index >= 15 is 0 Å². The lowest BCUT2D eigenvalue weighted by atomic mass is 9.88. The first-order chi connectivity index (χ1) is 4.79. The van der Waals surface area contributed by atoms with Gasteiger partial charge in [0.05, 0.1) is 0 Å². The van der Waals surface area contributed by atoms with Crippen LogP contribution in [0.15, 0.2) is 12.7 Å². The summed E-state index contributed by atoms with van der Waals surface area (Å²) in [4.78, 5) is 0. The fraction of sp³-hybridized carbons (Fsp3) is 0.800. The molecular formula is C10H18. The molecule has 0 aromatic carbocycles. The van der Waals surface area contributed by atoms with E-state index in [1.165, 1.54) is 19.3 Å². The minimum atomic E-state index is 0.819. The highest BCUT2D eigenvalue weighted by molar-refractivity contribution is 4.91. The largest absolute Gasteiger partial charge is 0.103 e. The first kappa shape index (κ1) is 7.84. The van der Waals surface area contributed by atoms with Crippen molar-refractivity contribution >= 4 is 0 Å². The summed E-state index contributed by atoms with van der Waals surface area (Å²) in [5.74, 6) is 2.69. The van der Waals surface area contributed by atoms with Gasteiger partial charge in [0, 0.05) is 0 Å². The quantitative estimate of drug-likeness (QED) is 0.514. The molecule has 0 bridgehead atoms. The molecule has 0 heteroatoms. The van der Waals surface area contributed by atoms with Gasteiger partial charge < -0.3 is 0 Å². The van der Waals surface area contributed by atoms with Crippen LogP contribution in [0, 0.1) is 17.8 Å². The third kappa shape index (κ3) is 1.25. The van der Waals surface area contributed by atoms with Crippen molar-refractivity contribution in [1.29, 1.82) is 0 Å². The average Bonchev–Trinajstić information content (AvgIpc) is 2.30. The zero-order chi connectivity index (χ0) is 7.56. The van der Waals surface area contributed by atoms with Gasteiger partial charge >= 0.3 is 0 Å². The molecular weight excluding hydrogens is 120 g/mol. The summed E-state index contributed by atoms with van der Waals surface area (Å²) in [7, 11) is 0. The second-order valence-electron chi connectivity index (χ2n) is 3.53. The van der Waals surface area contributed by atoms with Crippen molar-refractivity contribution in [3.05, 3.63) is 12.7 Å². The van der Waals surface area contributed by atoms with E-state index in [-0.39, 0.29) is 0 Å². The van der Waals surface area contributed by atoms with Crippen LogP contribution in [-0.4, -0.2) is 0 Å². The molecule has 0 heterocycles. The summed E-state index contributed by atoms with van der Waals surface area (Å²) in [6.07, 6.45) is 6.27. The van der Waals surface area contributed by atoms with Gasteiger partial charge in [0.15, 0.2) is 0 Å². The van der Waals surface area contributed by atoms with Gasteiger partial charge in [0.1, 0.15) is 0 Å². The monoisotopic (exact) mass is 138 g/mol. The number of hydrogen-bond donors (Lipinski definition) is 0. The number of allylic oxidation sites excluding steroid dienone is 1. The van der Waals surface area contributed by atoms with Crippen LogP contribution >= 0.6 is 0 Å². The zero-order valence-electron chi connectivity index (χ0n) is 7.14. The van der Waals surface area contributed by atoms with Crippen LogP contribution in [0.1, 0.15) is 33.1 Å². The van der Waals surface area contributed by atoms with Crippen molar-refractivity contribution in [2.24, 2.45) is 17.8 Å². The van der Waals surface area contributed by atoms with E-state index < -0.39 is 0 Å². The highest BCUT2D eigenvalue weighted by Crippen LogP contribution is 2.39. The van der Waals surface area contributed by atoms with E-state index in [0.717, 1.165) is 17.8 Å². The van der Waals surface area contributed by atoms with E-state index in [4.69, 9.17) is 0 Å². The number of rotatable bonds is 2. The van der Waals surface area contributed by atoms with Gasteiger partial charge in [0.25, 0.3) is 0 Å². The summed E-state index contributed by atoms with van der Waals surface area (Å²) in [6.45, 7) is 8.54. The fourth-order valence-corrected chi connectivity index (χ4v) is 2.30. The molecule has 3 unspecified atom stereocenters. The molecule has 0 aliphatic heterocycles. The Kier molecular flexibility index (Phi) is 2.53. The molecule has 1 saturated carbocycles. The van der Waals surface area contributed by atoms with E-state index in [2.05, 4.69) is 26.5 Å². The maximum Gasteiger partial charge on any atom is -0.0205 e. The first-order valence-electron chi connectivity index (χ1n) is 4.42. The Morgan fingerprint density at radius 3 is 2.60 bits per heavy atom. The fourth-order valence-electron chi connectivity index (χ4n) is 2.30. The second kappa shape index (κ2) is 3.23. The summed E-state index contributed by atoms with van der Waals surface area (Å²) in [5, 5.41) is 0. The molecule has 10 heavy (non-hydrogen) atoms. The topological polar surface area (TPSA) is 0 Å². The summed E-state index contributed by atoms with van der Waals surface area (Å²) >= 11 is 0. The summed E-state index contributed by atoms with van der Waals surface area (Å²) in [5.41, 5.74) is 0. The Balaban J connectivity index is 2.53. The van der Waals surface area contributed by atoms with E-state index in [0.29, 0.717) is 0 Å². The molecule has 1 aliphatic rings. The standard InChI is InChI=1S/C10H18/c1-4-9-7-6-8(3)10(9)5-2/h4,8-10H,1,5-7H2,2-3H3. The molecule has 0 amide bonds. The second-order valence-corrected chi connectivity index (χ2v) is 3.53. The van der Waals surface area contributed by atoms with Gasteiger partial charge in [-0.3, -0.25) is 0 Å². The van der Waals surface area contributed by atoms with Crippen LogP contribution in [0.4, 0.5) is 0 Å². The maximum absolute atomic E-state index is 3.88. The molecule has 0 N–H and O–H groups in total. The van der Waals surface area contributed by atoms with Crippen LogP contribution in [-0.2, 0) is 0 Å². The van der Waals surface area contributed by atoms with Gasteiger partial charge in [-0.05, 0) is 30.6 Å². The lowest BCUT2D eigenvalue weighted by molar-refractivity contribution is 0.359. The van der Waals surface area contributed by atoms with Crippen LogP contribution in [0.25, 0.3) is 0 Å². The predicted molar refractivity (Wildman–Crippen MR) is 45.9 cm³/mol. The molecule has 0 saturated heterocycles. The van der Waals surface area contributed by atoms with Crippen molar-refractivity contribution in [2.75, 3.05) is 0 Å². The minimum Gasteiger partial charge on any atom is -0.103 e. The third-order valence-corrected chi connectivity index (χ3v) is 3.01. The van der Waals surface area contributed by atoms with Gasteiger partial charge in [0.2, 0.25) is 0 Å². The maximum atomic E-state index is 3.88. The van der Waals surface area contributed by atoms with E-state index in [1.54, 1.807) is 0 Å². The molecule has 1 rings (SSSR count). The SMILES string of the molecule is C=CC1CCC(C)C1CC. The molecule has 1 aliphatic carbocycles. The Morgan fingerprint density at radius 1 is 1.50 bits per heavy atom. The molecule has 0 aromatic rings. The van der Waals surface area contributed by atoms with Crippen molar-refractivity contribution in [3.8, 4) is 0 Å². The Hall–Kier alpha value is -0.260. The van der Waals surface area contributed by atoms with Gasteiger partial charge in [-0.2, -0.15) is 0 Å². The molecule has 3 atom stereocenters. The lowest BCUT2D eigenvalue weighted by Crippen LogP contribution is -2.09. The van der Waals surface area contributed by atoms with Gasteiger partial charge in [-0.1, -0.05) is 26.3 Å². The average molecular weight is 138 g/mol. The van der Waals surface area contributed by atoms with Crippen LogP contribution < -0.4 is 0 Å². The van der Waals surface area contributed by atoms with Crippen molar-refractivity contribution < 1.29 is 0 Å². The molecule has 58 valence electrons. The summed E-state index contributed by atoms with van der Waals surface area (Å²) in [6, 6.07) is 0. The van der Waals surface area contributed by atoms with Crippen molar-refractivity contribution in [3.63, 3.8) is 0 Å². The normalized spacial score (nSPS) is 40.0. The van der Waals surface area contributed by atoms with Gasteiger partial charge in [-0.25, -0.2) is 0 Å². The Bertz CT molecular complexity index is 115. The molecule has 1 fully saturated rings. The Labute approximate surface area is 64.3 Å². The van der Waals surface area contributed by atoms with Crippen LogP contribution in [0.2, 0.25) is 0 Å². The first-order valence-corrected chi connectivity index (χ1v) is 4.42. The molecule has 0 aromatic heterocycles. The van der Waals surface area contributed by atoms with Gasteiger partial charge in [-0.15, -0.1) is 6.58 Å². The van der Waals surface area contributed by atoms with E-state index in [9.17, 15) is 0 Å². The third-order valence-electron chi connectivity index (χ3n) is 3.01. The van der Waals surface area contributed by atoms with Crippen LogP contribution in [0.5, 0.6) is 0 Å². The molecule has 0 spiro atoms. The van der Waals surface area contributed by atoms with E-state index in [1.807, 2.05) is 0 Å². The molecule has 0 radical (unpaired) electrons. The predicted octanol–water partition coefficient (Wildman–Crippen LogP) is 3.24. The number of hydrogen-bond acceptors (Lipinski definition) is 0. The smallest absolute Gasteiger partial charge is 0.0205 e. The highest BCUT2D eigenvalue weighted by Gasteiger charge is 2.29. The minimum absolute atomic E-state index is 0.819. The lowest BCUT2D eigenvalue weighted by Gasteiger charge is -2.17. The van der Waals surface area contributed by atoms with Crippen molar-refractivity contribution in [1.82, 2.24) is 0 Å². The van der Waals surface area contributed by atoms with Crippen LogP contribution in [0.3, 0.4) is 0 Å². The zero-order valence-corrected chi connectivity index (χ0v) is 7.14. The molecule has 0 nitrogen and oxygen atoms in total. The Morgan fingerprint density at radius 2 is 2.20 bits per heavy atom. The summed E-state index contributed by atoms with van der Waals surface area (Å²) < 4.78 is 0. The van der Waals surface area contributed by atoms with Crippen molar-refractivity contribution in [2.45, 2.75) is 33.1 Å². The highest BCUT2D eigenvalue weighted by atomic mass is 14.3.